The number of benzene rings is 1. The number of rotatable bonds is 6. The number of nitrogens with zero attached hydrogens (tertiary/aromatic N) is 1. The minimum atomic E-state index is -0.597. The molecule has 3 fully saturated rings. The van der Waals surface area contributed by atoms with Gasteiger partial charge in [-0.1, -0.05) is 13.3 Å². The third-order valence-corrected chi connectivity index (χ3v) is 7.18. The Morgan fingerprint density at radius 3 is 2.75 bits per heavy atom. The highest BCUT2D eigenvalue weighted by Gasteiger charge is 2.39. The van der Waals surface area contributed by atoms with Crippen LogP contribution in [0.5, 0.6) is 5.75 Å². The molecule has 1 aromatic carbocycles. The van der Waals surface area contributed by atoms with Gasteiger partial charge < -0.3 is 19.7 Å². The predicted molar refractivity (Wildman–Crippen MR) is 116 cm³/mol. The molecule has 3 amide bonds. The number of carbonyl (C=O) groups is 3. The number of fused-ring (bicyclic) bond motifs is 1. The van der Waals surface area contributed by atoms with Crippen LogP contribution < -0.4 is 15.4 Å². The van der Waals surface area contributed by atoms with Crippen LogP contribution in [-0.4, -0.2) is 60.6 Å². The number of ether oxygens (including phenoxy) is 2. The molecule has 2 N–H and O–H groups in total. The molecule has 3 heterocycles. The van der Waals surface area contributed by atoms with E-state index in [1.165, 1.54) is 6.42 Å². The van der Waals surface area contributed by atoms with E-state index in [1.54, 1.807) is 11.0 Å². The minimum absolute atomic E-state index is 0.0923. The fourth-order valence-electron chi connectivity index (χ4n) is 5.20. The second-order valence-corrected chi connectivity index (χ2v) is 9.95. The summed E-state index contributed by atoms with van der Waals surface area (Å²) >= 11 is 0. The van der Waals surface area contributed by atoms with Crippen molar-refractivity contribution < 1.29 is 23.9 Å². The Morgan fingerprint density at radius 2 is 2.00 bits per heavy atom. The smallest absolute Gasteiger partial charge is 0.255 e. The molecule has 8 nitrogen and oxygen atoms in total. The largest absolute Gasteiger partial charge is 0.489 e. The molecule has 3 unspecified atom stereocenters. The third-order valence-electron chi connectivity index (χ3n) is 7.18. The quantitative estimate of drug-likeness (QED) is 0.653. The van der Waals surface area contributed by atoms with Gasteiger partial charge in [-0.2, -0.15) is 0 Å². The third kappa shape index (κ3) is 4.13. The van der Waals surface area contributed by atoms with Crippen LogP contribution >= 0.6 is 0 Å². The summed E-state index contributed by atoms with van der Waals surface area (Å²) in [6.07, 6.45) is 5.16. The maximum atomic E-state index is 12.9. The molecule has 0 aromatic heterocycles. The van der Waals surface area contributed by atoms with Crippen molar-refractivity contribution >= 4 is 17.7 Å². The van der Waals surface area contributed by atoms with E-state index in [-0.39, 0.29) is 35.7 Å². The van der Waals surface area contributed by atoms with Gasteiger partial charge in [-0.05, 0) is 49.4 Å². The first-order valence-corrected chi connectivity index (χ1v) is 11.7. The van der Waals surface area contributed by atoms with Crippen LogP contribution in [0.2, 0.25) is 0 Å². The predicted octanol–water partition coefficient (Wildman–Crippen LogP) is 1.76. The van der Waals surface area contributed by atoms with Gasteiger partial charge in [-0.25, -0.2) is 0 Å². The normalized spacial score (nSPS) is 29.3. The van der Waals surface area contributed by atoms with Gasteiger partial charge in [0.15, 0.2) is 0 Å². The average Bonchev–Trinajstić information content (AvgIpc) is 3.07. The van der Waals surface area contributed by atoms with E-state index in [2.05, 4.69) is 17.6 Å². The number of hydrogen-bond acceptors (Lipinski definition) is 6. The lowest BCUT2D eigenvalue weighted by atomic mass is 9.86. The van der Waals surface area contributed by atoms with Crippen molar-refractivity contribution in [3.8, 4) is 5.75 Å². The number of nitrogens with one attached hydrogen (secondary N) is 2. The summed E-state index contributed by atoms with van der Waals surface area (Å²) in [5.41, 5.74) is 1.70. The van der Waals surface area contributed by atoms with Gasteiger partial charge in [-0.15, -0.1) is 0 Å². The molecule has 1 aliphatic carbocycles. The Bertz CT molecular complexity index is 928. The van der Waals surface area contributed by atoms with E-state index in [0.717, 1.165) is 50.3 Å². The highest BCUT2D eigenvalue weighted by atomic mass is 16.5. The van der Waals surface area contributed by atoms with Crippen molar-refractivity contribution in [2.24, 2.45) is 5.41 Å². The van der Waals surface area contributed by atoms with Crippen LogP contribution in [0, 0.1) is 5.41 Å². The summed E-state index contributed by atoms with van der Waals surface area (Å²) < 4.78 is 11.8. The second kappa shape index (κ2) is 8.48. The van der Waals surface area contributed by atoms with Crippen LogP contribution in [0.4, 0.5) is 0 Å². The van der Waals surface area contributed by atoms with E-state index < -0.39 is 6.04 Å². The molecule has 3 atom stereocenters. The Kier molecular flexibility index (Phi) is 5.67. The molecular weight excluding hydrogens is 410 g/mol. The summed E-state index contributed by atoms with van der Waals surface area (Å²) in [5.74, 6) is -0.0612. The fourth-order valence-corrected chi connectivity index (χ4v) is 5.20. The van der Waals surface area contributed by atoms with Gasteiger partial charge in [0.05, 0.1) is 13.2 Å². The Hall–Kier alpha value is -2.45. The number of imide groups is 1. The minimum Gasteiger partial charge on any atom is -0.489 e. The molecule has 1 saturated carbocycles. The van der Waals surface area contributed by atoms with E-state index in [1.807, 2.05) is 12.1 Å². The summed E-state index contributed by atoms with van der Waals surface area (Å²) in [6, 6.07) is 5.30. The molecule has 0 radical (unpaired) electrons. The number of amides is 3. The lowest BCUT2D eigenvalue weighted by molar-refractivity contribution is -0.136. The summed E-state index contributed by atoms with van der Waals surface area (Å²) in [5, 5.41) is 6.06. The molecular formula is C24H31N3O5. The van der Waals surface area contributed by atoms with E-state index in [4.69, 9.17) is 9.47 Å². The first-order chi connectivity index (χ1) is 15.4. The van der Waals surface area contributed by atoms with Gasteiger partial charge in [0.25, 0.3) is 5.91 Å². The van der Waals surface area contributed by atoms with Crippen molar-refractivity contribution in [1.82, 2.24) is 15.5 Å². The molecule has 5 rings (SSSR count). The summed E-state index contributed by atoms with van der Waals surface area (Å²) in [4.78, 5) is 38.2. The second-order valence-electron chi connectivity index (χ2n) is 9.95. The number of hydrogen-bond donors (Lipinski definition) is 2. The monoisotopic (exact) mass is 441 g/mol. The van der Waals surface area contributed by atoms with Gasteiger partial charge in [0.2, 0.25) is 11.8 Å². The lowest BCUT2D eigenvalue weighted by Gasteiger charge is -2.41. The van der Waals surface area contributed by atoms with Crippen LogP contribution in [0.1, 0.15) is 61.4 Å². The molecule has 3 aliphatic heterocycles. The van der Waals surface area contributed by atoms with Crippen molar-refractivity contribution in [3.63, 3.8) is 0 Å². The van der Waals surface area contributed by atoms with E-state index in [9.17, 15) is 14.4 Å². The first-order valence-electron chi connectivity index (χ1n) is 11.7. The van der Waals surface area contributed by atoms with Crippen LogP contribution in [0.3, 0.4) is 0 Å². The molecule has 1 aromatic rings. The molecule has 4 aliphatic rings. The van der Waals surface area contributed by atoms with Crippen molar-refractivity contribution in [2.75, 3.05) is 19.8 Å². The zero-order valence-electron chi connectivity index (χ0n) is 18.5. The molecule has 0 bridgehead atoms. The maximum Gasteiger partial charge on any atom is 0.255 e. The van der Waals surface area contributed by atoms with Crippen molar-refractivity contribution in [3.05, 3.63) is 29.3 Å². The Balaban J connectivity index is 1.25. The first kappa shape index (κ1) is 21.4. The summed E-state index contributed by atoms with van der Waals surface area (Å²) in [7, 11) is 0. The topological polar surface area (TPSA) is 97.0 Å². The standard InChI is InChI=1S/C24H31N3O5/c1-24(13-31-14-24)12-25-18-4-2-3-5-20(18)32-16-6-7-17-15(10-16)11-27(23(17)30)19-8-9-21(28)26-22(19)29/h6-7,10,18-20,25H,2-5,8-9,11-14H2,1H3,(H,26,28,29). The van der Waals surface area contributed by atoms with Gasteiger partial charge in [-0.3, -0.25) is 19.7 Å². The SMILES string of the molecule is CC1(CNC2CCCCC2Oc2ccc3c(c2)CN(C2CCC(=O)NC2=O)C3=O)COC1. The molecule has 2 saturated heterocycles. The van der Waals surface area contributed by atoms with E-state index in [0.29, 0.717) is 24.6 Å². The molecule has 0 spiro atoms. The molecule has 172 valence electrons. The number of carbonyl (C=O) groups excluding carboxylic acids is 3. The van der Waals surface area contributed by atoms with E-state index >= 15 is 0 Å². The van der Waals surface area contributed by atoms with Crippen LogP contribution in [0.15, 0.2) is 18.2 Å². The maximum absolute atomic E-state index is 12.9. The fraction of sp³-hybridized carbons (Fsp3) is 0.625. The Morgan fingerprint density at radius 1 is 1.19 bits per heavy atom. The summed E-state index contributed by atoms with van der Waals surface area (Å²) in [6.45, 7) is 5.15. The molecule has 8 heteroatoms. The highest BCUT2D eigenvalue weighted by molar-refractivity contribution is 6.05. The van der Waals surface area contributed by atoms with Crippen LogP contribution in [0.25, 0.3) is 0 Å². The van der Waals surface area contributed by atoms with Gasteiger partial charge in [0.1, 0.15) is 17.9 Å². The van der Waals surface area contributed by atoms with Crippen molar-refractivity contribution in [1.29, 1.82) is 0 Å². The lowest BCUT2D eigenvalue weighted by Crippen LogP contribution is -2.53. The van der Waals surface area contributed by atoms with Crippen LogP contribution in [-0.2, 0) is 20.9 Å². The molecule has 32 heavy (non-hydrogen) atoms. The highest BCUT2D eigenvalue weighted by Crippen LogP contribution is 2.32. The van der Waals surface area contributed by atoms with Gasteiger partial charge >= 0.3 is 0 Å². The average molecular weight is 442 g/mol. The van der Waals surface area contributed by atoms with Crippen molar-refractivity contribution in [2.45, 2.75) is 70.2 Å². The Labute approximate surface area is 188 Å². The van der Waals surface area contributed by atoms with Gasteiger partial charge in [0, 0.05) is 36.5 Å². The number of piperidine rings is 1. The zero-order valence-corrected chi connectivity index (χ0v) is 18.5. The zero-order chi connectivity index (χ0) is 22.3.